The van der Waals surface area contributed by atoms with Crippen molar-refractivity contribution in [2.45, 2.75) is 0 Å². The Kier molecular flexibility index (Phi) is 1.22. The largest absolute Gasteiger partial charge is 0.397 e. The fraction of sp³-hybridized carbons (Fsp3) is 0. The van der Waals surface area contributed by atoms with Gasteiger partial charge in [-0.25, -0.2) is 0 Å². The highest BCUT2D eigenvalue weighted by atomic mass is 14.7. The van der Waals surface area contributed by atoms with Crippen LogP contribution in [-0.4, -0.2) is 0 Å². The Hall–Kier alpha value is -1.96. The lowest BCUT2D eigenvalue weighted by Crippen LogP contribution is -2.17. The van der Waals surface area contributed by atoms with E-state index in [4.69, 9.17) is 11.5 Å². The zero-order valence-electron chi connectivity index (χ0n) is 7.62. The van der Waals surface area contributed by atoms with Gasteiger partial charge in [-0.05, 0) is 22.1 Å². The molecule has 0 unspecified atom stereocenters. The Morgan fingerprint density at radius 1 is 1.00 bits per heavy atom. The van der Waals surface area contributed by atoms with Gasteiger partial charge in [0.1, 0.15) is 0 Å². The first-order chi connectivity index (χ1) is 6.77. The molecule has 0 aromatic heterocycles. The van der Waals surface area contributed by atoms with E-state index in [1.54, 1.807) is 0 Å². The summed E-state index contributed by atoms with van der Waals surface area (Å²) in [5.74, 6) is 0. The summed E-state index contributed by atoms with van der Waals surface area (Å²) in [5, 5.41) is 2.34. The minimum Gasteiger partial charge on any atom is -0.397 e. The van der Waals surface area contributed by atoms with Crippen LogP contribution >= 0.6 is 0 Å². The van der Waals surface area contributed by atoms with E-state index in [1.165, 1.54) is 10.8 Å². The van der Waals surface area contributed by atoms with Crippen molar-refractivity contribution in [1.82, 2.24) is 0 Å². The molecule has 0 heterocycles. The lowest BCUT2D eigenvalue weighted by Gasteiger charge is -2.03. The molecule has 0 saturated heterocycles. The maximum atomic E-state index is 5.94. The molecule has 0 saturated carbocycles. The van der Waals surface area contributed by atoms with Gasteiger partial charge >= 0.3 is 0 Å². The standard InChI is InChI=1S/C12H10N2/c13-10-6-8-5-4-7-2-1-3-9(7)11(8)12(10)14/h1-6H,13-14H2. The highest BCUT2D eigenvalue weighted by Gasteiger charge is 2.15. The number of benzene rings is 1. The first-order valence-electron chi connectivity index (χ1n) is 4.56. The Labute approximate surface area is 81.5 Å². The SMILES string of the molecule is NC1=C(N)c2c3c(ccc2=C1)=CC=C3. The molecule has 68 valence electrons. The van der Waals surface area contributed by atoms with E-state index in [1.807, 2.05) is 12.2 Å². The van der Waals surface area contributed by atoms with Gasteiger partial charge in [-0.1, -0.05) is 30.4 Å². The van der Waals surface area contributed by atoms with Crippen molar-refractivity contribution in [3.63, 3.8) is 0 Å². The summed E-state index contributed by atoms with van der Waals surface area (Å²) in [6.45, 7) is 0. The molecule has 3 rings (SSSR count). The highest BCUT2D eigenvalue weighted by molar-refractivity contribution is 5.86. The van der Waals surface area contributed by atoms with E-state index >= 15 is 0 Å². The van der Waals surface area contributed by atoms with Crippen molar-refractivity contribution < 1.29 is 0 Å². The van der Waals surface area contributed by atoms with Crippen molar-refractivity contribution in [3.05, 3.63) is 45.5 Å². The average molecular weight is 182 g/mol. The van der Waals surface area contributed by atoms with Crippen LogP contribution in [0.1, 0.15) is 11.1 Å². The molecule has 0 radical (unpaired) electrons. The first-order valence-corrected chi connectivity index (χ1v) is 4.56. The van der Waals surface area contributed by atoms with Crippen LogP contribution in [0.4, 0.5) is 0 Å². The zero-order valence-corrected chi connectivity index (χ0v) is 7.62. The lowest BCUT2D eigenvalue weighted by atomic mass is 10.0. The van der Waals surface area contributed by atoms with Crippen LogP contribution in [0.2, 0.25) is 0 Å². The summed E-state index contributed by atoms with van der Waals surface area (Å²) < 4.78 is 0. The average Bonchev–Trinajstić information content (AvgIpc) is 2.72. The van der Waals surface area contributed by atoms with Gasteiger partial charge in [0.15, 0.2) is 0 Å². The Balaban J connectivity index is 2.50. The molecule has 4 N–H and O–H groups in total. The Morgan fingerprint density at radius 2 is 1.79 bits per heavy atom. The van der Waals surface area contributed by atoms with E-state index in [0.29, 0.717) is 11.4 Å². The van der Waals surface area contributed by atoms with Gasteiger partial charge in [-0.15, -0.1) is 0 Å². The third-order valence-electron chi connectivity index (χ3n) is 2.74. The molecule has 2 heteroatoms. The second kappa shape index (κ2) is 2.29. The maximum Gasteiger partial charge on any atom is 0.0633 e. The molecule has 2 nitrogen and oxygen atoms in total. The maximum absolute atomic E-state index is 5.94. The summed E-state index contributed by atoms with van der Waals surface area (Å²) in [5.41, 5.74) is 15.4. The fourth-order valence-corrected chi connectivity index (χ4v) is 2.04. The van der Waals surface area contributed by atoms with Gasteiger partial charge < -0.3 is 11.5 Å². The third kappa shape index (κ3) is 0.752. The molecule has 0 aliphatic heterocycles. The third-order valence-corrected chi connectivity index (χ3v) is 2.74. The van der Waals surface area contributed by atoms with E-state index in [2.05, 4.69) is 24.3 Å². The summed E-state index contributed by atoms with van der Waals surface area (Å²) >= 11 is 0. The minimum atomic E-state index is 0.675. The van der Waals surface area contributed by atoms with Crippen molar-refractivity contribution in [2.75, 3.05) is 0 Å². The second-order valence-corrected chi connectivity index (χ2v) is 3.57. The van der Waals surface area contributed by atoms with Crippen LogP contribution in [0, 0.1) is 0 Å². The molecule has 2 aliphatic rings. The monoisotopic (exact) mass is 182 g/mol. The summed E-state index contributed by atoms with van der Waals surface area (Å²) in [6, 6.07) is 4.15. The van der Waals surface area contributed by atoms with E-state index in [0.717, 1.165) is 10.8 Å². The highest BCUT2D eigenvalue weighted by Crippen LogP contribution is 2.18. The molecule has 0 amide bonds. The van der Waals surface area contributed by atoms with Gasteiger partial charge in [0, 0.05) is 5.56 Å². The molecule has 1 aromatic rings. The van der Waals surface area contributed by atoms with Crippen LogP contribution in [0.15, 0.2) is 23.9 Å². The number of rotatable bonds is 0. The fourth-order valence-electron chi connectivity index (χ4n) is 2.04. The lowest BCUT2D eigenvalue weighted by molar-refractivity contribution is 1.41. The van der Waals surface area contributed by atoms with Crippen LogP contribution in [-0.2, 0) is 0 Å². The number of hydrogen-bond donors (Lipinski definition) is 2. The minimum absolute atomic E-state index is 0.675. The Bertz CT molecular complexity index is 604. The number of fused-ring (bicyclic) bond motifs is 3. The summed E-state index contributed by atoms with van der Waals surface area (Å²) in [4.78, 5) is 0. The van der Waals surface area contributed by atoms with Gasteiger partial charge in [-0.2, -0.15) is 0 Å². The normalized spacial score (nSPS) is 16.3. The molecule has 1 aromatic carbocycles. The molecule has 14 heavy (non-hydrogen) atoms. The van der Waals surface area contributed by atoms with Crippen LogP contribution < -0.4 is 21.9 Å². The molecule has 0 fully saturated rings. The smallest absolute Gasteiger partial charge is 0.0633 e. The molecular weight excluding hydrogens is 172 g/mol. The number of hydrogen-bond acceptors (Lipinski definition) is 2. The van der Waals surface area contributed by atoms with Gasteiger partial charge in [0.05, 0.1) is 11.4 Å². The van der Waals surface area contributed by atoms with Crippen molar-refractivity contribution in [1.29, 1.82) is 0 Å². The topological polar surface area (TPSA) is 52.0 Å². The van der Waals surface area contributed by atoms with Crippen LogP contribution in [0.3, 0.4) is 0 Å². The molecular formula is C12H10N2. The van der Waals surface area contributed by atoms with Crippen LogP contribution in [0.25, 0.3) is 23.9 Å². The number of allylic oxidation sites excluding steroid dienone is 2. The van der Waals surface area contributed by atoms with Crippen LogP contribution in [0.5, 0.6) is 0 Å². The summed E-state index contributed by atoms with van der Waals surface area (Å²) in [6.07, 6.45) is 8.12. The van der Waals surface area contributed by atoms with E-state index in [-0.39, 0.29) is 0 Å². The molecule has 2 aliphatic carbocycles. The first kappa shape index (κ1) is 7.44. The quantitative estimate of drug-likeness (QED) is 0.587. The zero-order chi connectivity index (χ0) is 9.71. The van der Waals surface area contributed by atoms with E-state index < -0.39 is 0 Å². The molecule has 0 atom stereocenters. The van der Waals surface area contributed by atoms with Gasteiger partial charge in [-0.3, -0.25) is 0 Å². The molecule has 0 spiro atoms. The van der Waals surface area contributed by atoms with Crippen molar-refractivity contribution >= 4 is 23.9 Å². The van der Waals surface area contributed by atoms with Crippen molar-refractivity contribution in [3.8, 4) is 0 Å². The van der Waals surface area contributed by atoms with Gasteiger partial charge in [0.25, 0.3) is 0 Å². The van der Waals surface area contributed by atoms with E-state index in [9.17, 15) is 0 Å². The Morgan fingerprint density at radius 3 is 2.64 bits per heavy atom. The molecule has 0 bridgehead atoms. The predicted octanol–water partition coefficient (Wildman–Crippen LogP) is -0.126. The van der Waals surface area contributed by atoms with Crippen molar-refractivity contribution in [2.24, 2.45) is 11.5 Å². The summed E-state index contributed by atoms with van der Waals surface area (Å²) in [7, 11) is 0. The van der Waals surface area contributed by atoms with Gasteiger partial charge in [0.2, 0.25) is 0 Å². The second-order valence-electron chi connectivity index (χ2n) is 3.57. The number of nitrogens with two attached hydrogens (primary N) is 2. The predicted molar refractivity (Wildman–Crippen MR) is 59.0 cm³/mol.